The minimum absolute atomic E-state index is 0.679. The largest absolute Gasteiger partial charge is 0.384 e. The summed E-state index contributed by atoms with van der Waals surface area (Å²) < 4.78 is 3.92. The number of hydrogen-bond donors (Lipinski definition) is 1. The summed E-state index contributed by atoms with van der Waals surface area (Å²) >= 11 is 0. The summed E-state index contributed by atoms with van der Waals surface area (Å²) in [6, 6.07) is 8.44. The molecule has 4 heteroatoms. The Morgan fingerprint density at radius 3 is 2.47 bits per heavy atom. The van der Waals surface area contributed by atoms with Crippen LogP contribution in [0.4, 0.5) is 5.82 Å². The van der Waals surface area contributed by atoms with Crippen LogP contribution in [0.3, 0.4) is 0 Å². The highest BCUT2D eigenvalue weighted by Crippen LogP contribution is 2.34. The van der Waals surface area contributed by atoms with E-state index in [-0.39, 0.29) is 0 Å². The Labute approximate surface area is 112 Å². The van der Waals surface area contributed by atoms with Crippen LogP contribution in [0.2, 0.25) is 0 Å². The van der Waals surface area contributed by atoms with E-state index < -0.39 is 0 Å². The maximum atomic E-state index is 5.90. The maximum Gasteiger partial charge on any atom is 0.121 e. The van der Waals surface area contributed by atoms with Gasteiger partial charge in [-0.05, 0) is 25.5 Å². The van der Waals surface area contributed by atoms with Gasteiger partial charge in [-0.1, -0.05) is 12.1 Å². The molecule has 0 amide bonds. The third kappa shape index (κ3) is 1.63. The molecule has 2 heterocycles. The highest BCUT2D eigenvalue weighted by molar-refractivity contribution is 5.97. The van der Waals surface area contributed by atoms with Crippen molar-refractivity contribution in [2.24, 2.45) is 14.1 Å². The fraction of sp³-hybridized carbons (Fsp3) is 0.267. The Bertz CT molecular complexity index is 758. The Morgan fingerprint density at radius 2 is 1.84 bits per heavy atom. The number of anilines is 1. The molecule has 3 aromatic rings. The summed E-state index contributed by atoms with van der Waals surface area (Å²) in [6.45, 7) is 4.23. The van der Waals surface area contributed by atoms with Crippen LogP contribution in [-0.4, -0.2) is 14.3 Å². The molecule has 4 nitrogen and oxygen atoms in total. The van der Waals surface area contributed by atoms with E-state index in [1.807, 2.05) is 13.1 Å². The van der Waals surface area contributed by atoms with Crippen molar-refractivity contribution in [2.75, 3.05) is 5.73 Å². The van der Waals surface area contributed by atoms with Crippen LogP contribution in [-0.2, 0) is 14.1 Å². The predicted molar refractivity (Wildman–Crippen MR) is 79.0 cm³/mol. The first-order valence-corrected chi connectivity index (χ1v) is 6.34. The van der Waals surface area contributed by atoms with Gasteiger partial charge in [0.25, 0.3) is 0 Å². The standard InChI is InChI=1S/C15H18N4/c1-9-5-6-11-13(7-9)18(3)10(2)15(11)12-8-14(16)19(4)17-12/h5-8H,16H2,1-4H3. The van der Waals surface area contributed by atoms with Crippen molar-refractivity contribution < 1.29 is 0 Å². The molecule has 0 unspecified atom stereocenters. The number of nitrogens with zero attached hydrogens (tertiary/aromatic N) is 3. The Hall–Kier alpha value is -2.23. The van der Waals surface area contributed by atoms with Gasteiger partial charge in [-0.25, -0.2) is 0 Å². The first-order chi connectivity index (χ1) is 8.99. The fourth-order valence-electron chi connectivity index (χ4n) is 2.60. The molecule has 0 saturated heterocycles. The minimum Gasteiger partial charge on any atom is -0.384 e. The highest BCUT2D eigenvalue weighted by atomic mass is 15.3. The second-order valence-electron chi connectivity index (χ2n) is 5.12. The molecular weight excluding hydrogens is 236 g/mol. The van der Waals surface area contributed by atoms with Crippen LogP contribution in [0.25, 0.3) is 22.2 Å². The molecule has 0 aliphatic carbocycles. The quantitative estimate of drug-likeness (QED) is 0.726. The van der Waals surface area contributed by atoms with Gasteiger partial charge < -0.3 is 10.3 Å². The SMILES string of the molecule is Cc1ccc2c(-c3cc(N)n(C)n3)c(C)n(C)c2c1. The second kappa shape index (κ2) is 3.88. The normalized spacial score (nSPS) is 11.4. The molecule has 0 radical (unpaired) electrons. The lowest BCUT2D eigenvalue weighted by atomic mass is 10.1. The third-order valence-electron chi connectivity index (χ3n) is 3.82. The zero-order chi connectivity index (χ0) is 13.7. The molecule has 0 aliphatic heterocycles. The van der Waals surface area contributed by atoms with Gasteiger partial charge in [0, 0.05) is 42.3 Å². The molecule has 0 atom stereocenters. The second-order valence-corrected chi connectivity index (χ2v) is 5.12. The van der Waals surface area contributed by atoms with E-state index in [4.69, 9.17) is 5.73 Å². The lowest BCUT2D eigenvalue weighted by Crippen LogP contribution is -1.96. The number of aromatic nitrogens is 3. The van der Waals surface area contributed by atoms with E-state index >= 15 is 0 Å². The first kappa shape index (κ1) is 11.8. The van der Waals surface area contributed by atoms with E-state index in [9.17, 15) is 0 Å². The van der Waals surface area contributed by atoms with Crippen molar-refractivity contribution >= 4 is 16.7 Å². The summed E-state index contributed by atoms with van der Waals surface area (Å²) in [5.41, 5.74) is 11.7. The molecule has 2 aromatic heterocycles. The predicted octanol–water partition coefficient (Wildman–Crippen LogP) is 2.78. The van der Waals surface area contributed by atoms with Crippen LogP contribution in [0.5, 0.6) is 0 Å². The number of fused-ring (bicyclic) bond motifs is 1. The van der Waals surface area contributed by atoms with Crippen LogP contribution < -0.4 is 5.73 Å². The molecule has 98 valence electrons. The van der Waals surface area contributed by atoms with E-state index in [1.165, 1.54) is 27.7 Å². The lowest BCUT2D eigenvalue weighted by molar-refractivity contribution is 0.782. The number of nitrogens with two attached hydrogens (primary N) is 1. The van der Waals surface area contributed by atoms with Crippen molar-refractivity contribution in [3.8, 4) is 11.3 Å². The third-order valence-corrected chi connectivity index (χ3v) is 3.82. The summed E-state index contributed by atoms with van der Waals surface area (Å²) in [4.78, 5) is 0. The minimum atomic E-state index is 0.679. The number of aryl methyl sites for hydroxylation is 3. The van der Waals surface area contributed by atoms with Crippen LogP contribution in [0, 0.1) is 13.8 Å². The molecule has 3 rings (SSSR count). The van der Waals surface area contributed by atoms with Crippen molar-refractivity contribution in [1.29, 1.82) is 0 Å². The first-order valence-electron chi connectivity index (χ1n) is 6.34. The van der Waals surface area contributed by atoms with Crippen molar-refractivity contribution in [3.05, 3.63) is 35.5 Å². The van der Waals surface area contributed by atoms with Gasteiger partial charge in [0.1, 0.15) is 5.82 Å². The summed E-state index contributed by atoms with van der Waals surface area (Å²) in [7, 11) is 3.95. The van der Waals surface area contributed by atoms with Crippen LogP contribution in [0.15, 0.2) is 24.3 Å². The van der Waals surface area contributed by atoms with Gasteiger partial charge in [0.15, 0.2) is 0 Å². The number of hydrogen-bond acceptors (Lipinski definition) is 2. The summed E-state index contributed by atoms with van der Waals surface area (Å²) in [5, 5.41) is 5.73. The molecule has 0 bridgehead atoms. The Morgan fingerprint density at radius 1 is 1.11 bits per heavy atom. The van der Waals surface area contributed by atoms with Gasteiger partial charge in [0.05, 0.1) is 5.69 Å². The Kier molecular flexibility index (Phi) is 2.42. The molecule has 0 saturated carbocycles. The highest BCUT2D eigenvalue weighted by Gasteiger charge is 2.16. The molecule has 1 aromatic carbocycles. The maximum absolute atomic E-state index is 5.90. The van der Waals surface area contributed by atoms with Crippen molar-refractivity contribution in [2.45, 2.75) is 13.8 Å². The van der Waals surface area contributed by atoms with Crippen LogP contribution >= 0.6 is 0 Å². The average Bonchev–Trinajstić information content (AvgIpc) is 2.81. The molecule has 19 heavy (non-hydrogen) atoms. The number of benzene rings is 1. The Balaban J connectivity index is 2.38. The van der Waals surface area contributed by atoms with Crippen molar-refractivity contribution in [1.82, 2.24) is 14.3 Å². The van der Waals surface area contributed by atoms with Gasteiger partial charge in [-0.2, -0.15) is 5.10 Å². The molecular formula is C15H18N4. The van der Waals surface area contributed by atoms with Crippen molar-refractivity contribution in [3.63, 3.8) is 0 Å². The summed E-state index contributed by atoms with van der Waals surface area (Å²) in [6.07, 6.45) is 0. The topological polar surface area (TPSA) is 48.8 Å². The van der Waals surface area contributed by atoms with Gasteiger partial charge >= 0.3 is 0 Å². The lowest BCUT2D eigenvalue weighted by Gasteiger charge is -1.99. The molecule has 2 N–H and O–H groups in total. The zero-order valence-corrected chi connectivity index (χ0v) is 11.7. The smallest absolute Gasteiger partial charge is 0.121 e. The average molecular weight is 254 g/mol. The van der Waals surface area contributed by atoms with Crippen LogP contribution in [0.1, 0.15) is 11.3 Å². The van der Waals surface area contributed by atoms with E-state index in [2.05, 4.69) is 48.8 Å². The summed E-state index contributed by atoms with van der Waals surface area (Å²) in [5.74, 6) is 0.679. The van der Waals surface area contributed by atoms with E-state index in [0.29, 0.717) is 5.82 Å². The van der Waals surface area contributed by atoms with E-state index in [0.717, 1.165) is 5.69 Å². The number of nitrogen functional groups attached to an aromatic ring is 1. The van der Waals surface area contributed by atoms with Gasteiger partial charge in [-0.3, -0.25) is 4.68 Å². The van der Waals surface area contributed by atoms with Gasteiger partial charge in [-0.15, -0.1) is 0 Å². The molecule has 0 fully saturated rings. The monoisotopic (exact) mass is 254 g/mol. The van der Waals surface area contributed by atoms with Gasteiger partial charge in [0.2, 0.25) is 0 Å². The zero-order valence-electron chi connectivity index (χ0n) is 11.7. The number of rotatable bonds is 1. The molecule has 0 spiro atoms. The fourth-order valence-corrected chi connectivity index (χ4v) is 2.60. The van der Waals surface area contributed by atoms with E-state index in [1.54, 1.807) is 4.68 Å². The molecule has 0 aliphatic rings.